The molecular weight excluding hydrogens is 365 g/mol. The van der Waals surface area contributed by atoms with Crippen LogP contribution in [-0.2, 0) is 12.7 Å². The largest absolute Gasteiger partial charge is 0.434 e. The predicted molar refractivity (Wildman–Crippen MR) is 98.4 cm³/mol. The van der Waals surface area contributed by atoms with Crippen molar-refractivity contribution in [3.8, 4) is 0 Å². The molecule has 1 atom stereocenters. The van der Waals surface area contributed by atoms with E-state index in [1.54, 1.807) is 7.05 Å². The summed E-state index contributed by atoms with van der Waals surface area (Å²) in [5.41, 5.74) is -0.844. The van der Waals surface area contributed by atoms with Crippen LogP contribution < -0.4 is 10.6 Å². The molecule has 1 aromatic heterocycles. The smallest absolute Gasteiger partial charge is 0.356 e. The number of hydrogen-bond acceptors (Lipinski definition) is 5. The van der Waals surface area contributed by atoms with Gasteiger partial charge in [-0.15, -0.1) is 11.3 Å². The molecule has 0 spiro atoms. The first-order valence-corrected chi connectivity index (χ1v) is 9.53. The number of rotatable bonds is 6. The molecule has 1 saturated heterocycles. The van der Waals surface area contributed by atoms with Gasteiger partial charge in [0.1, 0.15) is 5.01 Å². The quantitative estimate of drug-likeness (QED) is 0.570. The highest BCUT2D eigenvalue weighted by molar-refractivity contribution is 7.09. The molecule has 148 valence electrons. The summed E-state index contributed by atoms with van der Waals surface area (Å²) in [6.45, 7) is 8.51. The van der Waals surface area contributed by atoms with Gasteiger partial charge in [-0.05, 0) is 13.0 Å². The molecule has 2 N–H and O–H groups in total. The summed E-state index contributed by atoms with van der Waals surface area (Å²) >= 11 is 0.990. The van der Waals surface area contributed by atoms with Crippen molar-refractivity contribution >= 4 is 17.3 Å². The highest BCUT2D eigenvalue weighted by Gasteiger charge is 2.33. The molecule has 0 aromatic carbocycles. The van der Waals surface area contributed by atoms with Crippen LogP contribution in [0.15, 0.2) is 10.4 Å². The van der Waals surface area contributed by atoms with E-state index in [-0.39, 0.29) is 6.54 Å². The fourth-order valence-corrected chi connectivity index (χ4v) is 3.45. The summed E-state index contributed by atoms with van der Waals surface area (Å²) in [5, 5.41) is 7.66. The monoisotopic (exact) mass is 392 g/mol. The number of nitrogens with zero attached hydrogens (tertiary/aromatic N) is 4. The van der Waals surface area contributed by atoms with Crippen molar-refractivity contribution in [1.29, 1.82) is 0 Å². The number of nitrogens with one attached hydrogen (secondary N) is 2. The lowest BCUT2D eigenvalue weighted by Gasteiger charge is -2.34. The lowest BCUT2D eigenvalue weighted by atomic mass is 10.1. The molecule has 1 aromatic rings. The lowest BCUT2D eigenvalue weighted by Crippen LogP contribution is -2.47. The normalized spacial score (nSPS) is 18.8. The van der Waals surface area contributed by atoms with E-state index in [1.165, 1.54) is 0 Å². The topological polar surface area (TPSA) is 55.8 Å². The van der Waals surface area contributed by atoms with E-state index in [4.69, 9.17) is 0 Å². The van der Waals surface area contributed by atoms with Gasteiger partial charge in [-0.1, -0.05) is 6.92 Å². The highest BCUT2D eigenvalue weighted by atomic mass is 32.1. The zero-order chi connectivity index (χ0) is 19.2. The van der Waals surface area contributed by atoms with Gasteiger partial charge in [0, 0.05) is 51.7 Å². The van der Waals surface area contributed by atoms with Gasteiger partial charge in [0.05, 0.1) is 6.54 Å². The van der Waals surface area contributed by atoms with Crippen LogP contribution in [0.25, 0.3) is 0 Å². The maximum atomic E-state index is 12.6. The second-order valence-electron chi connectivity index (χ2n) is 6.64. The molecule has 0 bridgehead atoms. The molecule has 1 unspecified atom stereocenters. The van der Waals surface area contributed by atoms with Crippen LogP contribution in [0.5, 0.6) is 0 Å². The van der Waals surface area contributed by atoms with Crippen LogP contribution in [0.3, 0.4) is 0 Å². The first-order chi connectivity index (χ1) is 12.3. The number of aromatic nitrogens is 1. The van der Waals surface area contributed by atoms with E-state index in [9.17, 15) is 13.2 Å². The van der Waals surface area contributed by atoms with E-state index in [0.717, 1.165) is 56.0 Å². The lowest BCUT2D eigenvalue weighted by molar-refractivity contribution is -0.140. The minimum Gasteiger partial charge on any atom is -0.356 e. The zero-order valence-corrected chi connectivity index (χ0v) is 16.3. The van der Waals surface area contributed by atoms with Gasteiger partial charge < -0.3 is 20.4 Å². The van der Waals surface area contributed by atoms with E-state index in [2.05, 4.69) is 44.4 Å². The molecule has 1 aliphatic heterocycles. The number of hydrogen-bond donors (Lipinski definition) is 2. The molecule has 26 heavy (non-hydrogen) atoms. The average molecular weight is 392 g/mol. The fraction of sp³-hybridized carbons (Fsp3) is 0.750. The molecule has 2 heterocycles. The van der Waals surface area contributed by atoms with E-state index in [0.29, 0.717) is 16.9 Å². The Morgan fingerprint density at radius 3 is 2.58 bits per heavy atom. The van der Waals surface area contributed by atoms with Crippen molar-refractivity contribution in [2.75, 3.05) is 53.4 Å². The number of alkyl halides is 3. The van der Waals surface area contributed by atoms with Crippen LogP contribution in [0.2, 0.25) is 0 Å². The Bertz CT molecular complexity index is 581. The third-order valence-electron chi connectivity index (χ3n) is 4.26. The molecule has 0 aliphatic carbocycles. The maximum Gasteiger partial charge on any atom is 0.434 e. The number of piperazine rings is 1. The van der Waals surface area contributed by atoms with Gasteiger partial charge in [-0.3, -0.25) is 4.99 Å². The molecule has 0 radical (unpaired) electrons. The number of likely N-dealkylation sites (N-methyl/N-ethyl adjacent to an activating group) is 1. The van der Waals surface area contributed by atoms with Gasteiger partial charge in [0.15, 0.2) is 11.7 Å². The molecule has 2 rings (SSSR count). The average Bonchev–Trinajstić information content (AvgIpc) is 3.06. The molecular formula is C16H27F3N6S. The van der Waals surface area contributed by atoms with Crippen molar-refractivity contribution in [2.45, 2.75) is 19.6 Å². The summed E-state index contributed by atoms with van der Waals surface area (Å²) in [4.78, 5) is 12.5. The fourth-order valence-electron chi connectivity index (χ4n) is 2.71. The third-order valence-corrected chi connectivity index (χ3v) is 5.11. The number of guanidine groups is 1. The zero-order valence-electron chi connectivity index (χ0n) is 15.4. The van der Waals surface area contributed by atoms with Gasteiger partial charge in [-0.25, -0.2) is 4.98 Å². The Kier molecular flexibility index (Phi) is 7.66. The van der Waals surface area contributed by atoms with Gasteiger partial charge in [0.25, 0.3) is 0 Å². The highest BCUT2D eigenvalue weighted by Crippen LogP contribution is 2.29. The van der Waals surface area contributed by atoms with Crippen molar-refractivity contribution in [2.24, 2.45) is 10.9 Å². The summed E-state index contributed by atoms with van der Waals surface area (Å²) < 4.78 is 37.7. The van der Waals surface area contributed by atoms with E-state index >= 15 is 0 Å². The van der Waals surface area contributed by atoms with Crippen LogP contribution in [-0.4, -0.2) is 74.1 Å². The number of halogens is 3. The Hall–Kier alpha value is -1.39. The standard InChI is InChI=1S/C16H27F3N6S/c1-12(10-25-6-4-24(3)5-7-25)8-21-15(20-2)22-9-14-23-13(11-26-14)16(17,18)19/h11-12H,4-10H2,1-3H3,(H2,20,21,22). The number of thiazole rings is 1. The van der Waals surface area contributed by atoms with Crippen molar-refractivity contribution in [3.05, 3.63) is 16.1 Å². The van der Waals surface area contributed by atoms with Crippen molar-refractivity contribution in [1.82, 2.24) is 25.4 Å². The van der Waals surface area contributed by atoms with Crippen LogP contribution in [0.1, 0.15) is 17.6 Å². The molecule has 6 nitrogen and oxygen atoms in total. The minimum atomic E-state index is -4.40. The number of aliphatic imine (C=N–C) groups is 1. The Labute approximate surface area is 156 Å². The van der Waals surface area contributed by atoms with Crippen LogP contribution in [0.4, 0.5) is 13.2 Å². The summed E-state index contributed by atoms with van der Waals surface area (Å²) in [6.07, 6.45) is -4.40. The second kappa shape index (κ2) is 9.52. The molecule has 0 amide bonds. The Morgan fingerprint density at radius 2 is 2.00 bits per heavy atom. The Morgan fingerprint density at radius 1 is 1.31 bits per heavy atom. The second-order valence-corrected chi connectivity index (χ2v) is 7.58. The van der Waals surface area contributed by atoms with E-state index in [1.807, 2.05) is 0 Å². The van der Waals surface area contributed by atoms with Gasteiger partial charge in [0.2, 0.25) is 0 Å². The predicted octanol–water partition coefficient (Wildman–Crippen LogP) is 1.71. The van der Waals surface area contributed by atoms with Crippen molar-refractivity contribution < 1.29 is 13.2 Å². The van der Waals surface area contributed by atoms with Gasteiger partial charge in [-0.2, -0.15) is 13.2 Å². The summed E-state index contributed by atoms with van der Waals surface area (Å²) in [7, 11) is 3.78. The third kappa shape index (κ3) is 6.73. The SMILES string of the molecule is CN=C(NCc1nc(C(F)(F)F)cs1)NCC(C)CN1CCN(C)CC1. The molecule has 0 saturated carbocycles. The first-order valence-electron chi connectivity index (χ1n) is 8.65. The summed E-state index contributed by atoms with van der Waals surface area (Å²) in [6, 6.07) is 0. The summed E-state index contributed by atoms with van der Waals surface area (Å²) in [5.74, 6) is 1.01. The van der Waals surface area contributed by atoms with Crippen LogP contribution in [0, 0.1) is 5.92 Å². The van der Waals surface area contributed by atoms with Gasteiger partial charge >= 0.3 is 6.18 Å². The minimum absolute atomic E-state index is 0.216. The molecule has 10 heteroatoms. The maximum absolute atomic E-state index is 12.6. The van der Waals surface area contributed by atoms with Crippen molar-refractivity contribution in [3.63, 3.8) is 0 Å². The molecule has 1 aliphatic rings. The van der Waals surface area contributed by atoms with E-state index < -0.39 is 11.9 Å². The van der Waals surface area contributed by atoms with Crippen LogP contribution >= 0.6 is 11.3 Å². The first kappa shape index (κ1) is 20.9. The molecule has 1 fully saturated rings. The Balaban J connectivity index is 1.71.